The SMILES string of the molecule is c1cncc(C2N3CCC(CC3)C23Cc2cccnc2O3)c1. The van der Waals surface area contributed by atoms with Gasteiger partial charge in [0.25, 0.3) is 0 Å². The molecular weight excluding hydrogens is 274 g/mol. The minimum atomic E-state index is -0.157. The summed E-state index contributed by atoms with van der Waals surface area (Å²) in [6, 6.07) is 8.70. The Morgan fingerprint density at radius 1 is 1.14 bits per heavy atom. The van der Waals surface area contributed by atoms with Gasteiger partial charge in [-0.1, -0.05) is 12.1 Å². The number of hydrogen-bond donors (Lipinski definition) is 0. The maximum absolute atomic E-state index is 6.56. The Balaban J connectivity index is 1.63. The highest BCUT2D eigenvalue weighted by Gasteiger charge is 2.59. The minimum absolute atomic E-state index is 0.157. The molecule has 2 atom stereocenters. The predicted octanol–water partition coefficient (Wildman–Crippen LogP) is 2.62. The van der Waals surface area contributed by atoms with Crippen molar-refractivity contribution in [3.63, 3.8) is 0 Å². The van der Waals surface area contributed by atoms with Crippen LogP contribution in [0.4, 0.5) is 0 Å². The lowest BCUT2D eigenvalue weighted by molar-refractivity contribution is -0.131. The predicted molar refractivity (Wildman–Crippen MR) is 82.6 cm³/mol. The van der Waals surface area contributed by atoms with Gasteiger partial charge in [-0.05, 0) is 43.6 Å². The fraction of sp³-hybridized carbons (Fsp3) is 0.444. The van der Waals surface area contributed by atoms with Gasteiger partial charge in [0.1, 0.15) is 5.60 Å². The zero-order valence-corrected chi connectivity index (χ0v) is 12.5. The first-order valence-electron chi connectivity index (χ1n) is 8.14. The second-order valence-electron chi connectivity index (χ2n) is 6.70. The van der Waals surface area contributed by atoms with Crippen LogP contribution in [0, 0.1) is 5.92 Å². The van der Waals surface area contributed by atoms with E-state index in [1.807, 2.05) is 30.7 Å². The molecule has 22 heavy (non-hydrogen) atoms. The monoisotopic (exact) mass is 293 g/mol. The molecule has 0 aromatic carbocycles. The summed E-state index contributed by atoms with van der Waals surface area (Å²) in [6.07, 6.45) is 9.11. The Hall–Kier alpha value is -1.94. The van der Waals surface area contributed by atoms with E-state index in [9.17, 15) is 0 Å². The summed E-state index contributed by atoms with van der Waals surface area (Å²) in [4.78, 5) is 11.4. The summed E-state index contributed by atoms with van der Waals surface area (Å²) in [6.45, 7) is 2.33. The van der Waals surface area contributed by atoms with Gasteiger partial charge in [-0.2, -0.15) is 0 Å². The van der Waals surface area contributed by atoms with Crippen molar-refractivity contribution in [2.24, 2.45) is 5.92 Å². The van der Waals surface area contributed by atoms with Crippen LogP contribution in [-0.4, -0.2) is 33.6 Å². The molecule has 6 rings (SSSR count). The third-order valence-electron chi connectivity index (χ3n) is 5.65. The number of fused-ring (bicyclic) bond motifs is 3. The van der Waals surface area contributed by atoms with Gasteiger partial charge in [-0.25, -0.2) is 4.98 Å². The number of ether oxygens (including phenoxy) is 1. The van der Waals surface area contributed by atoms with Gasteiger partial charge in [0, 0.05) is 36.5 Å². The molecule has 4 aliphatic heterocycles. The normalized spacial score (nSPS) is 35.4. The Labute approximate surface area is 130 Å². The molecule has 2 aromatic heterocycles. The molecule has 112 valence electrons. The second-order valence-corrected chi connectivity index (χ2v) is 6.70. The average Bonchev–Trinajstić information content (AvgIpc) is 2.95. The highest BCUT2D eigenvalue weighted by atomic mass is 16.5. The van der Waals surface area contributed by atoms with Crippen LogP contribution in [0.1, 0.15) is 30.0 Å². The molecule has 6 heterocycles. The fourth-order valence-corrected chi connectivity index (χ4v) is 4.75. The van der Waals surface area contributed by atoms with Crippen LogP contribution < -0.4 is 4.74 Å². The van der Waals surface area contributed by atoms with E-state index in [-0.39, 0.29) is 5.60 Å². The Morgan fingerprint density at radius 3 is 2.77 bits per heavy atom. The first-order chi connectivity index (χ1) is 10.9. The number of piperidine rings is 3. The van der Waals surface area contributed by atoms with Crippen molar-refractivity contribution in [3.8, 4) is 5.88 Å². The van der Waals surface area contributed by atoms with Crippen molar-refractivity contribution in [1.82, 2.24) is 14.9 Å². The largest absolute Gasteiger partial charge is 0.468 e. The molecule has 4 nitrogen and oxygen atoms in total. The van der Waals surface area contributed by atoms with Crippen molar-refractivity contribution in [3.05, 3.63) is 54.0 Å². The van der Waals surface area contributed by atoms with Crippen molar-refractivity contribution >= 4 is 0 Å². The van der Waals surface area contributed by atoms with Crippen LogP contribution in [0.3, 0.4) is 0 Å². The van der Waals surface area contributed by atoms with Crippen LogP contribution >= 0.6 is 0 Å². The van der Waals surface area contributed by atoms with E-state index in [0.717, 1.165) is 12.3 Å². The maximum Gasteiger partial charge on any atom is 0.217 e. The Morgan fingerprint density at radius 2 is 2.00 bits per heavy atom. The van der Waals surface area contributed by atoms with Crippen LogP contribution in [0.2, 0.25) is 0 Å². The average molecular weight is 293 g/mol. The van der Waals surface area contributed by atoms with Crippen LogP contribution in [0.15, 0.2) is 42.9 Å². The third-order valence-corrected chi connectivity index (χ3v) is 5.65. The Bertz CT molecular complexity index is 669. The van der Waals surface area contributed by atoms with Crippen molar-refractivity contribution < 1.29 is 4.74 Å². The molecule has 0 N–H and O–H groups in total. The first-order valence-corrected chi connectivity index (χ1v) is 8.14. The first kappa shape index (κ1) is 12.6. The number of rotatable bonds is 1. The summed E-state index contributed by atoms with van der Waals surface area (Å²) < 4.78 is 6.56. The van der Waals surface area contributed by atoms with Crippen molar-refractivity contribution in [2.75, 3.05) is 13.1 Å². The summed E-state index contributed by atoms with van der Waals surface area (Å²) in [7, 11) is 0. The summed E-state index contributed by atoms with van der Waals surface area (Å²) in [5.41, 5.74) is 2.38. The number of aromatic nitrogens is 2. The topological polar surface area (TPSA) is 38.2 Å². The number of pyridine rings is 2. The highest BCUT2D eigenvalue weighted by molar-refractivity contribution is 5.37. The molecule has 2 aromatic rings. The molecule has 0 saturated carbocycles. The van der Waals surface area contributed by atoms with Crippen molar-refractivity contribution in [2.45, 2.75) is 30.9 Å². The molecule has 4 aliphatic rings. The van der Waals surface area contributed by atoms with Crippen molar-refractivity contribution in [1.29, 1.82) is 0 Å². The molecule has 3 saturated heterocycles. The molecule has 2 bridgehead atoms. The standard InChI is InChI=1S/C18H19N3O/c1-4-14(12-19-7-1)16-18(15-5-9-21(16)10-6-15)11-13-3-2-8-20-17(13)22-18/h1-4,7-8,12,15-16H,5-6,9-11H2. The molecule has 0 amide bonds. The minimum Gasteiger partial charge on any atom is -0.468 e. The quantitative estimate of drug-likeness (QED) is 0.810. The fourth-order valence-electron chi connectivity index (χ4n) is 4.75. The molecule has 0 aliphatic carbocycles. The number of hydrogen-bond acceptors (Lipinski definition) is 4. The van der Waals surface area contributed by atoms with Crippen LogP contribution in [-0.2, 0) is 6.42 Å². The van der Waals surface area contributed by atoms with E-state index in [2.05, 4.69) is 27.0 Å². The molecule has 1 spiro atoms. The van der Waals surface area contributed by atoms with Gasteiger partial charge < -0.3 is 4.74 Å². The smallest absolute Gasteiger partial charge is 0.217 e. The maximum atomic E-state index is 6.56. The number of nitrogens with zero attached hydrogens (tertiary/aromatic N) is 3. The van der Waals surface area contributed by atoms with Gasteiger partial charge in [-0.15, -0.1) is 0 Å². The van der Waals surface area contributed by atoms with E-state index in [0.29, 0.717) is 12.0 Å². The zero-order valence-electron chi connectivity index (χ0n) is 12.5. The molecule has 0 radical (unpaired) electrons. The summed E-state index contributed by atoms with van der Waals surface area (Å²) in [5.74, 6) is 1.45. The third kappa shape index (κ3) is 1.61. The van der Waals surface area contributed by atoms with Gasteiger partial charge >= 0.3 is 0 Å². The van der Waals surface area contributed by atoms with E-state index in [1.54, 1.807) is 0 Å². The highest BCUT2D eigenvalue weighted by Crippen LogP contribution is 2.54. The summed E-state index contributed by atoms with van der Waals surface area (Å²) >= 11 is 0. The van der Waals surface area contributed by atoms with E-state index in [1.165, 1.54) is 37.1 Å². The zero-order chi connectivity index (χ0) is 14.6. The van der Waals surface area contributed by atoms with E-state index < -0.39 is 0 Å². The van der Waals surface area contributed by atoms with Gasteiger partial charge in [0.2, 0.25) is 5.88 Å². The van der Waals surface area contributed by atoms with Gasteiger partial charge in [0.15, 0.2) is 0 Å². The van der Waals surface area contributed by atoms with Crippen LogP contribution in [0.25, 0.3) is 0 Å². The Kier molecular flexibility index (Phi) is 2.59. The molecule has 4 heteroatoms. The second kappa shape index (κ2) is 4.53. The summed E-state index contributed by atoms with van der Waals surface area (Å²) in [5, 5.41) is 0. The van der Waals surface area contributed by atoms with E-state index in [4.69, 9.17) is 4.74 Å². The molecule has 2 unspecified atom stereocenters. The van der Waals surface area contributed by atoms with Gasteiger partial charge in [-0.3, -0.25) is 9.88 Å². The molecule has 3 fully saturated rings. The van der Waals surface area contributed by atoms with Gasteiger partial charge in [0.05, 0.1) is 6.04 Å². The van der Waals surface area contributed by atoms with Crippen LogP contribution in [0.5, 0.6) is 5.88 Å². The lowest BCUT2D eigenvalue weighted by Gasteiger charge is -2.56. The lowest BCUT2D eigenvalue weighted by Crippen LogP contribution is -2.63. The molecular formula is C18H19N3O. The van der Waals surface area contributed by atoms with E-state index >= 15 is 0 Å². The lowest BCUT2D eigenvalue weighted by atomic mass is 9.66.